The van der Waals surface area contributed by atoms with E-state index in [1.54, 1.807) is 0 Å². The van der Waals surface area contributed by atoms with E-state index in [4.69, 9.17) is 11.2 Å². The lowest BCUT2D eigenvalue weighted by atomic mass is 10.2. The molecular weight excluding hydrogens is 396 g/mol. The molecule has 18 heavy (non-hydrogen) atoms. The lowest BCUT2D eigenvalue weighted by Gasteiger charge is -2.24. The Hall–Kier alpha value is 0.240. The first-order chi connectivity index (χ1) is 8.72. The van der Waals surface area contributed by atoms with Crippen LogP contribution in [-0.2, 0) is 0 Å². The highest BCUT2D eigenvalue weighted by atomic mass is 79.9. The van der Waals surface area contributed by atoms with Crippen LogP contribution in [0.25, 0.3) is 0 Å². The van der Waals surface area contributed by atoms with Crippen molar-refractivity contribution in [3.8, 4) is 18.1 Å². The first-order valence-corrected chi connectivity index (χ1v) is 9.19. The summed E-state index contributed by atoms with van der Waals surface area (Å²) in [5.41, 5.74) is 1.21. The van der Waals surface area contributed by atoms with Gasteiger partial charge in [0.25, 0.3) is 0 Å². The molecule has 0 aromatic heterocycles. The number of rotatable bonds is 3. The standard InChI is InChI=1S/C13H12Br2OS2/c1-2-4-16-12-10(7-9(14)8-11(12)15)13-17-5-3-6-18-13/h1,7-8,13H,3-6H2. The molecule has 0 bridgehead atoms. The monoisotopic (exact) mass is 406 g/mol. The van der Waals surface area contributed by atoms with E-state index < -0.39 is 0 Å². The van der Waals surface area contributed by atoms with E-state index >= 15 is 0 Å². The summed E-state index contributed by atoms with van der Waals surface area (Å²) in [4.78, 5) is 0. The van der Waals surface area contributed by atoms with Crippen molar-refractivity contribution in [1.82, 2.24) is 0 Å². The summed E-state index contributed by atoms with van der Waals surface area (Å²) in [5, 5.41) is 0. The van der Waals surface area contributed by atoms with Gasteiger partial charge in [0.1, 0.15) is 12.4 Å². The van der Waals surface area contributed by atoms with Gasteiger partial charge >= 0.3 is 0 Å². The van der Waals surface area contributed by atoms with E-state index in [-0.39, 0.29) is 0 Å². The van der Waals surface area contributed by atoms with Gasteiger partial charge in [0, 0.05) is 10.0 Å². The molecule has 1 aliphatic rings. The smallest absolute Gasteiger partial charge is 0.148 e. The van der Waals surface area contributed by atoms with Crippen molar-refractivity contribution in [1.29, 1.82) is 0 Å². The van der Waals surface area contributed by atoms with Gasteiger partial charge in [-0.1, -0.05) is 21.9 Å². The molecule has 1 aromatic rings. The highest BCUT2D eigenvalue weighted by Gasteiger charge is 2.22. The molecule has 0 amide bonds. The van der Waals surface area contributed by atoms with Gasteiger partial charge in [0.15, 0.2) is 0 Å². The SMILES string of the molecule is C#CCOc1c(Br)cc(Br)cc1C1SCCCS1. The summed E-state index contributed by atoms with van der Waals surface area (Å²) >= 11 is 11.0. The Morgan fingerprint density at radius 1 is 1.33 bits per heavy atom. The van der Waals surface area contributed by atoms with Gasteiger partial charge in [-0.15, -0.1) is 29.9 Å². The third kappa shape index (κ3) is 3.63. The lowest BCUT2D eigenvalue weighted by Crippen LogP contribution is -2.05. The molecule has 1 nitrogen and oxygen atoms in total. The Bertz CT molecular complexity index is 465. The van der Waals surface area contributed by atoms with Gasteiger partial charge < -0.3 is 4.74 Å². The summed E-state index contributed by atoms with van der Waals surface area (Å²) in [6, 6.07) is 4.13. The molecule has 5 heteroatoms. The maximum absolute atomic E-state index is 5.69. The third-order valence-electron chi connectivity index (χ3n) is 2.42. The number of hydrogen-bond acceptors (Lipinski definition) is 3. The molecule has 1 heterocycles. The Morgan fingerprint density at radius 2 is 2.06 bits per heavy atom. The zero-order chi connectivity index (χ0) is 13.0. The van der Waals surface area contributed by atoms with Crippen molar-refractivity contribution >= 4 is 55.4 Å². The number of benzene rings is 1. The largest absolute Gasteiger partial charge is 0.479 e. The van der Waals surface area contributed by atoms with E-state index in [0.29, 0.717) is 11.2 Å². The van der Waals surface area contributed by atoms with E-state index in [1.165, 1.54) is 23.5 Å². The quantitative estimate of drug-likeness (QED) is 0.645. The van der Waals surface area contributed by atoms with Gasteiger partial charge in [0.2, 0.25) is 0 Å². The number of ether oxygens (including phenoxy) is 1. The molecule has 96 valence electrons. The zero-order valence-corrected chi connectivity index (χ0v) is 14.4. The predicted octanol–water partition coefficient (Wildman–Crippen LogP) is 5.09. The molecule has 0 spiro atoms. The highest BCUT2D eigenvalue weighted by Crippen LogP contribution is 2.49. The molecule has 0 radical (unpaired) electrons. The summed E-state index contributed by atoms with van der Waals surface area (Å²) < 4.78 is 8.14. The summed E-state index contributed by atoms with van der Waals surface area (Å²) in [7, 11) is 0. The molecule has 1 aromatic carbocycles. The molecule has 0 saturated carbocycles. The predicted molar refractivity (Wildman–Crippen MR) is 88.4 cm³/mol. The van der Waals surface area contributed by atoms with E-state index in [0.717, 1.165) is 14.7 Å². The maximum atomic E-state index is 5.69. The molecule has 0 N–H and O–H groups in total. The number of hydrogen-bond donors (Lipinski definition) is 0. The van der Waals surface area contributed by atoms with Gasteiger partial charge in [-0.2, -0.15) is 0 Å². The average Bonchev–Trinajstić information content (AvgIpc) is 2.38. The minimum absolute atomic E-state index is 0.301. The Labute approximate surface area is 133 Å². The number of halogens is 2. The van der Waals surface area contributed by atoms with Crippen molar-refractivity contribution in [3.63, 3.8) is 0 Å². The topological polar surface area (TPSA) is 9.23 Å². The third-order valence-corrected chi connectivity index (χ3v) is 6.44. The maximum Gasteiger partial charge on any atom is 0.148 e. The van der Waals surface area contributed by atoms with Crippen molar-refractivity contribution in [3.05, 3.63) is 26.6 Å². The fraction of sp³-hybridized carbons (Fsp3) is 0.385. The second-order valence-corrected chi connectivity index (χ2v) is 8.22. The molecule has 0 unspecified atom stereocenters. The van der Waals surface area contributed by atoms with Crippen molar-refractivity contribution in [2.75, 3.05) is 18.1 Å². The van der Waals surface area contributed by atoms with E-state index in [2.05, 4.69) is 43.8 Å². The normalized spacial score (nSPS) is 16.3. The van der Waals surface area contributed by atoms with Crippen LogP contribution in [-0.4, -0.2) is 18.1 Å². The molecule has 1 aliphatic heterocycles. The lowest BCUT2D eigenvalue weighted by molar-refractivity contribution is 0.365. The van der Waals surface area contributed by atoms with Crippen LogP contribution in [0.15, 0.2) is 21.1 Å². The number of terminal acetylenes is 1. The molecule has 0 aliphatic carbocycles. The van der Waals surface area contributed by atoms with Crippen LogP contribution in [0.1, 0.15) is 16.6 Å². The van der Waals surface area contributed by atoms with E-state index in [9.17, 15) is 0 Å². The van der Waals surface area contributed by atoms with Crippen LogP contribution in [0.3, 0.4) is 0 Å². The first kappa shape index (κ1) is 14.6. The van der Waals surface area contributed by atoms with Crippen LogP contribution in [0.5, 0.6) is 5.75 Å². The van der Waals surface area contributed by atoms with Crippen molar-refractivity contribution in [2.45, 2.75) is 11.0 Å². The molecule has 0 atom stereocenters. The average molecular weight is 408 g/mol. The summed E-state index contributed by atoms with van der Waals surface area (Å²) in [6.45, 7) is 0.301. The van der Waals surface area contributed by atoms with Crippen LogP contribution in [0, 0.1) is 12.3 Å². The van der Waals surface area contributed by atoms with E-state index in [1.807, 2.05) is 29.6 Å². The minimum atomic E-state index is 0.301. The van der Waals surface area contributed by atoms with Gasteiger partial charge in [-0.05, 0) is 46.0 Å². The fourth-order valence-electron chi connectivity index (χ4n) is 1.69. The number of thioether (sulfide) groups is 2. The van der Waals surface area contributed by atoms with Gasteiger partial charge in [0.05, 0.1) is 9.05 Å². The second-order valence-electron chi connectivity index (χ2n) is 3.73. The van der Waals surface area contributed by atoms with Crippen LogP contribution in [0.2, 0.25) is 0 Å². The van der Waals surface area contributed by atoms with Crippen LogP contribution >= 0.6 is 55.4 Å². The fourth-order valence-corrected chi connectivity index (χ4v) is 5.97. The Kier molecular flexibility index (Phi) is 5.81. The summed E-state index contributed by atoms with van der Waals surface area (Å²) in [5.74, 6) is 5.81. The van der Waals surface area contributed by atoms with Crippen molar-refractivity contribution in [2.24, 2.45) is 0 Å². The Balaban J connectivity index is 2.33. The van der Waals surface area contributed by atoms with Crippen molar-refractivity contribution < 1.29 is 4.74 Å². The van der Waals surface area contributed by atoms with Gasteiger partial charge in [-0.3, -0.25) is 0 Å². The molecule has 1 fully saturated rings. The second kappa shape index (κ2) is 7.14. The van der Waals surface area contributed by atoms with Crippen LogP contribution in [0.4, 0.5) is 0 Å². The van der Waals surface area contributed by atoms with Gasteiger partial charge in [-0.25, -0.2) is 0 Å². The first-order valence-electron chi connectivity index (χ1n) is 5.51. The molecule has 2 rings (SSSR count). The Morgan fingerprint density at radius 3 is 2.72 bits per heavy atom. The zero-order valence-electron chi connectivity index (χ0n) is 9.62. The summed E-state index contributed by atoms with van der Waals surface area (Å²) in [6.07, 6.45) is 6.55. The highest BCUT2D eigenvalue weighted by molar-refractivity contribution is 9.11. The molecule has 1 saturated heterocycles. The minimum Gasteiger partial charge on any atom is -0.479 e. The molecular formula is C13H12Br2OS2. The van der Waals surface area contributed by atoms with Crippen LogP contribution < -0.4 is 4.74 Å².